The summed E-state index contributed by atoms with van der Waals surface area (Å²) in [5.41, 5.74) is 0.999. The summed E-state index contributed by atoms with van der Waals surface area (Å²) >= 11 is 12.1. The van der Waals surface area contributed by atoms with Crippen LogP contribution in [0.25, 0.3) is 5.69 Å². The molecule has 1 aromatic heterocycles. The summed E-state index contributed by atoms with van der Waals surface area (Å²) in [7, 11) is 0. The molecule has 0 amide bonds. The fourth-order valence-electron chi connectivity index (χ4n) is 2.15. The molecule has 0 aliphatic rings. The second kappa shape index (κ2) is 7.38. The minimum absolute atomic E-state index is 0.160. The van der Waals surface area contributed by atoms with Crippen molar-refractivity contribution in [2.24, 2.45) is 0 Å². The number of aromatic nitrogens is 4. The Balaban J connectivity index is 1.77. The quantitative estimate of drug-likeness (QED) is 0.680. The van der Waals surface area contributed by atoms with Gasteiger partial charge in [0.15, 0.2) is 0 Å². The van der Waals surface area contributed by atoms with E-state index in [1.165, 1.54) is 22.9 Å². The molecule has 0 spiro atoms. The van der Waals surface area contributed by atoms with Crippen molar-refractivity contribution in [3.8, 4) is 11.4 Å². The maximum Gasteiger partial charge on any atom is 0.573 e. The second-order valence-corrected chi connectivity index (χ2v) is 5.82. The second-order valence-electron chi connectivity index (χ2n) is 5.04. The molecule has 6 nitrogen and oxygen atoms in total. The maximum absolute atomic E-state index is 12.3. The highest BCUT2D eigenvalue weighted by atomic mass is 35.5. The molecule has 0 bridgehead atoms. The molecule has 26 heavy (non-hydrogen) atoms. The summed E-state index contributed by atoms with van der Waals surface area (Å²) in [4.78, 5) is 0. The number of nitrogens with zero attached hydrogens (tertiary/aromatic N) is 4. The van der Waals surface area contributed by atoms with E-state index in [-0.39, 0.29) is 23.3 Å². The number of tetrazole rings is 1. The molecule has 1 heterocycles. The lowest BCUT2D eigenvalue weighted by molar-refractivity contribution is -0.274. The first-order valence-corrected chi connectivity index (χ1v) is 7.90. The van der Waals surface area contributed by atoms with E-state index in [0.717, 1.165) is 0 Å². The van der Waals surface area contributed by atoms with Crippen molar-refractivity contribution in [2.75, 3.05) is 5.32 Å². The third-order valence-corrected chi connectivity index (χ3v) is 4.02. The van der Waals surface area contributed by atoms with Crippen LogP contribution in [0.4, 0.5) is 19.1 Å². The summed E-state index contributed by atoms with van der Waals surface area (Å²) in [6, 6.07) is 10.6. The molecule has 0 fully saturated rings. The molecule has 0 aliphatic carbocycles. The van der Waals surface area contributed by atoms with Crippen LogP contribution in [-0.2, 0) is 6.54 Å². The van der Waals surface area contributed by atoms with E-state index in [2.05, 4.69) is 25.6 Å². The zero-order chi connectivity index (χ0) is 18.7. The summed E-state index contributed by atoms with van der Waals surface area (Å²) < 4.78 is 42.1. The Hall–Kier alpha value is -2.52. The molecule has 3 rings (SSSR count). The largest absolute Gasteiger partial charge is 0.573 e. The van der Waals surface area contributed by atoms with Crippen molar-refractivity contribution in [2.45, 2.75) is 12.9 Å². The van der Waals surface area contributed by atoms with E-state index < -0.39 is 6.36 Å². The van der Waals surface area contributed by atoms with Crippen molar-refractivity contribution in [1.29, 1.82) is 0 Å². The number of hydrogen-bond donors (Lipinski definition) is 1. The molecule has 11 heteroatoms. The predicted octanol–water partition coefficient (Wildman–Crippen LogP) is 4.48. The lowest BCUT2D eigenvalue weighted by Gasteiger charge is -2.11. The summed E-state index contributed by atoms with van der Waals surface area (Å²) in [6.45, 7) is 0.160. The first kappa shape index (κ1) is 18.3. The minimum Gasteiger partial charge on any atom is -0.406 e. The minimum atomic E-state index is -4.75. The Kier molecular flexibility index (Phi) is 5.19. The number of halogens is 5. The van der Waals surface area contributed by atoms with E-state index in [9.17, 15) is 13.2 Å². The van der Waals surface area contributed by atoms with Crippen LogP contribution in [0.2, 0.25) is 10.0 Å². The maximum atomic E-state index is 12.3. The molecule has 0 saturated heterocycles. The highest BCUT2D eigenvalue weighted by Gasteiger charge is 2.31. The van der Waals surface area contributed by atoms with Gasteiger partial charge in [0.25, 0.3) is 0 Å². The molecule has 0 radical (unpaired) electrons. The molecule has 0 saturated carbocycles. The van der Waals surface area contributed by atoms with Gasteiger partial charge in [0, 0.05) is 6.54 Å². The van der Waals surface area contributed by atoms with Crippen molar-refractivity contribution in [3.05, 3.63) is 58.1 Å². The molecule has 0 atom stereocenters. The van der Waals surface area contributed by atoms with E-state index in [1.807, 2.05) is 0 Å². The number of ether oxygens (including phenoxy) is 1. The van der Waals surface area contributed by atoms with Crippen LogP contribution in [-0.4, -0.2) is 26.6 Å². The molecule has 3 aromatic rings. The number of alkyl halides is 3. The highest BCUT2D eigenvalue weighted by Crippen LogP contribution is 2.29. The van der Waals surface area contributed by atoms with Crippen LogP contribution in [0.3, 0.4) is 0 Å². The zero-order valence-corrected chi connectivity index (χ0v) is 14.3. The van der Waals surface area contributed by atoms with Crippen LogP contribution in [0.15, 0.2) is 42.5 Å². The van der Waals surface area contributed by atoms with Gasteiger partial charge in [0.1, 0.15) is 5.75 Å². The van der Waals surface area contributed by atoms with Crippen LogP contribution in [0.1, 0.15) is 5.56 Å². The standard InChI is InChI=1S/C15H10Cl2F3N5O/c16-11-5-2-6-12(13(11)17)25-14(22-23-24-25)21-8-9-3-1-4-10(7-9)26-15(18,19)20/h1-7H,8H2,(H,21,22,24). The van der Waals surface area contributed by atoms with Gasteiger partial charge in [-0.2, -0.15) is 4.68 Å². The first-order chi connectivity index (χ1) is 12.3. The average Bonchev–Trinajstić information content (AvgIpc) is 3.02. The number of hydrogen-bond acceptors (Lipinski definition) is 5. The average molecular weight is 404 g/mol. The Morgan fingerprint density at radius 1 is 1.12 bits per heavy atom. The molecule has 0 aliphatic heterocycles. The molecule has 136 valence electrons. The number of benzene rings is 2. The topological polar surface area (TPSA) is 64.9 Å². The van der Waals surface area contributed by atoms with E-state index in [0.29, 0.717) is 16.3 Å². The number of nitrogens with one attached hydrogen (secondary N) is 1. The monoisotopic (exact) mass is 403 g/mol. The third-order valence-electron chi connectivity index (χ3n) is 3.21. The lowest BCUT2D eigenvalue weighted by Crippen LogP contribution is -2.17. The zero-order valence-electron chi connectivity index (χ0n) is 12.8. The SMILES string of the molecule is FC(F)(F)Oc1cccc(CNc2nnnn2-c2cccc(Cl)c2Cl)c1. The Morgan fingerprint density at radius 3 is 2.65 bits per heavy atom. The van der Waals surface area contributed by atoms with Gasteiger partial charge < -0.3 is 10.1 Å². The molecule has 1 N–H and O–H groups in total. The molecular formula is C15H10Cl2F3N5O. The van der Waals surface area contributed by atoms with Gasteiger partial charge in [0.05, 0.1) is 15.7 Å². The smallest absolute Gasteiger partial charge is 0.406 e. The van der Waals surface area contributed by atoms with Crippen LogP contribution < -0.4 is 10.1 Å². The van der Waals surface area contributed by atoms with E-state index in [1.54, 1.807) is 24.3 Å². The van der Waals surface area contributed by atoms with Crippen LogP contribution in [0, 0.1) is 0 Å². The van der Waals surface area contributed by atoms with Crippen LogP contribution in [0.5, 0.6) is 5.75 Å². The van der Waals surface area contributed by atoms with Crippen LogP contribution >= 0.6 is 23.2 Å². The lowest BCUT2D eigenvalue weighted by atomic mass is 10.2. The Labute approximate surface area is 155 Å². The van der Waals surface area contributed by atoms with Gasteiger partial charge >= 0.3 is 6.36 Å². The summed E-state index contributed by atoms with van der Waals surface area (Å²) in [5, 5.41) is 14.8. The summed E-state index contributed by atoms with van der Waals surface area (Å²) in [6.07, 6.45) is -4.75. The Bertz CT molecular complexity index is 916. The van der Waals surface area contributed by atoms with Gasteiger partial charge in [-0.25, -0.2) is 0 Å². The fraction of sp³-hybridized carbons (Fsp3) is 0.133. The normalized spacial score (nSPS) is 11.4. The molecule has 0 unspecified atom stereocenters. The molecule has 2 aromatic carbocycles. The van der Waals surface area contributed by atoms with Crippen molar-refractivity contribution >= 4 is 29.2 Å². The van der Waals surface area contributed by atoms with Gasteiger partial charge in [-0.05, 0) is 40.3 Å². The number of anilines is 1. The Morgan fingerprint density at radius 2 is 1.88 bits per heavy atom. The third kappa shape index (κ3) is 4.36. The van der Waals surface area contributed by atoms with Gasteiger partial charge in [-0.1, -0.05) is 46.5 Å². The first-order valence-electron chi connectivity index (χ1n) is 7.15. The highest BCUT2D eigenvalue weighted by molar-refractivity contribution is 6.43. The van der Waals surface area contributed by atoms with Crippen molar-refractivity contribution in [1.82, 2.24) is 20.2 Å². The molecular weight excluding hydrogens is 394 g/mol. The number of rotatable bonds is 5. The van der Waals surface area contributed by atoms with Gasteiger partial charge in [-0.3, -0.25) is 0 Å². The van der Waals surface area contributed by atoms with Crippen molar-refractivity contribution < 1.29 is 17.9 Å². The van der Waals surface area contributed by atoms with Crippen molar-refractivity contribution in [3.63, 3.8) is 0 Å². The van der Waals surface area contributed by atoms with Gasteiger partial charge in [0.2, 0.25) is 5.95 Å². The van der Waals surface area contributed by atoms with E-state index >= 15 is 0 Å². The predicted molar refractivity (Wildman–Crippen MR) is 89.6 cm³/mol. The van der Waals surface area contributed by atoms with Gasteiger partial charge in [-0.15, -0.1) is 13.2 Å². The summed E-state index contributed by atoms with van der Waals surface area (Å²) in [5.74, 6) is -0.0643. The fourth-order valence-corrected chi connectivity index (χ4v) is 2.52. The van der Waals surface area contributed by atoms with E-state index in [4.69, 9.17) is 23.2 Å².